The molecule has 0 unspecified atom stereocenters. The molecule has 144 valence electrons. The SMILES string of the molecule is CCC[CH2][Sn]([CH2]CCC)([CH2]CCCCn1cc[n+](C)c1)[c]1ccccc1. The summed E-state index contributed by atoms with van der Waals surface area (Å²) < 4.78 is 10.9. The topological polar surface area (TPSA) is 8.81 Å². The van der Waals surface area contributed by atoms with Gasteiger partial charge in [-0.3, -0.25) is 0 Å². The fraction of sp³-hybridized carbons (Fsp3) is 0.609. The number of hydrogen-bond acceptors (Lipinski definition) is 0. The van der Waals surface area contributed by atoms with Crippen molar-refractivity contribution in [2.45, 2.75) is 78.6 Å². The first-order chi connectivity index (χ1) is 12.7. The molecule has 2 nitrogen and oxygen atoms in total. The van der Waals surface area contributed by atoms with Gasteiger partial charge in [-0.15, -0.1) is 0 Å². The molecule has 2 aromatic rings. The molecule has 3 heteroatoms. The molecule has 0 saturated carbocycles. The molecule has 0 fully saturated rings. The van der Waals surface area contributed by atoms with Crippen LogP contribution in [0.2, 0.25) is 13.3 Å². The molecular formula is C23H39N2Sn+. The van der Waals surface area contributed by atoms with Crippen LogP contribution < -0.4 is 8.15 Å². The van der Waals surface area contributed by atoms with Crippen LogP contribution in [0.4, 0.5) is 0 Å². The van der Waals surface area contributed by atoms with Gasteiger partial charge in [0.05, 0.1) is 0 Å². The third-order valence-corrected chi connectivity index (χ3v) is 21.5. The van der Waals surface area contributed by atoms with Crippen LogP contribution >= 0.6 is 0 Å². The second-order valence-corrected chi connectivity index (χ2v) is 21.2. The van der Waals surface area contributed by atoms with Gasteiger partial charge in [-0.25, -0.2) is 0 Å². The molecule has 0 atom stereocenters. The van der Waals surface area contributed by atoms with E-state index in [0.717, 1.165) is 0 Å². The zero-order valence-electron chi connectivity index (χ0n) is 17.3. The van der Waals surface area contributed by atoms with Crippen molar-refractivity contribution in [1.29, 1.82) is 0 Å². The van der Waals surface area contributed by atoms with Crippen LogP contribution in [-0.4, -0.2) is 22.9 Å². The summed E-state index contributed by atoms with van der Waals surface area (Å²) in [5.41, 5.74) is 0. The summed E-state index contributed by atoms with van der Waals surface area (Å²) in [6, 6.07) is 11.7. The first kappa shape index (κ1) is 21.5. The summed E-state index contributed by atoms with van der Waals surface area (Å²) >= 11 is -2.24. The summed E-state index contributed by atoms with van der Waals surface area (Å²) in [7, 11) is 2.10. The van der Waals surface area contributed by atoms with Gasteiger partial charge in [0.25, 0.3) is 0 Å². The minimum absolute atomic E-state index is 1.17. The number of benzene rings is 1. The summed E-state index contributed by atoms with van der Waals surface area (Å²) in [5.74, 6) is 0. The molecule has 0 N–H and O–H groups in total. The summed E-state index contributed by atoms with van der Waals surface area (Å²) in [4.78, 5) is 0. The van der Waals surface area contributed by atoms with Gasteiger partial charge in [-0.05, 0) is 0 Å². The van der Waals surface area contributed by atoms with Gasteiger partial charge in [0.1, 0.15) is 0 Å². The van der Waals surface area contributed by atoms with Crippen molar-refractivity contribution >= 4 is 22.0 Å². The van der Waals surface area contributed by atoms with Crippen molar-refractivity contribution in [1.82, 2.24) is 4.57 Å². The van der Waals surface area contributed by atoms with Crippen LogP contribution in [0.5, 0.6) is 0 Å². The molecule has 0 aliphatic carbocycles. The van der Waals surface area contributed by atoms with E-state index in [1.807, 2.05) is 0 Å². The molecule has 0 amide bonds. The molecule has 1 aromatic carbocycles. The first-order valence-corrected chi connectivity index (χ1v) is 18.2. The normalized spacial score (nSPS) is 11.8. The standard InChI is InChI=1S/C9H16N2.C6H5.2C4H9.Sn/c1-3-4-5-6-11-8-7-10(2)9-11;1-2-4-6-5-3-1;2*1-3-4-2;/h7-9H,1,3-6H2,2H3;1-5H;2*1,3-4H2,2H3;/q+1;;;;. The molecule has 0 aliphatic heterocycles. The van der Waals surface area contributed by atoms with E-state index >= 15 is 0 Å². The second kappa shape index (κ2) is 11.8. The summed E-state index contributed by atoms with van der Waals surface area (Å²) in [6.45, 7) is 5.88. The number of imidazole rings is 1. The fourth-order valence-corrected chi connectivity index (χ4v) is 19.9. The Morgan fingerprint density at radius 1 is 0.846 bits per heavy atom. The number of hydrogen-bond donors (Lipinski definition) is 0. The van der Waals surface area contributed by atoms with E-state index in [1.54, 1.807) is 16.9 Å². The quantitative estimate of drug-likeness (QED) is 0.213. The molecule has 0 aliphatic rings. The molecule has 1 heterocycles. The van der Waals surface area contributed by atoms with Crippen LogP contribution in [0.3, 0.4) is 0 Å². The second-order valence-electron chi connectivity index (χ2n) is 7.98. The van der Waals surface area contributed by atoms with Crippen molar-refractivity contribution in [2.75, 3.05) is 0 Å². The van der Waals surface area contributed by atoms with Gasteiger partial charge in [0.2, 0.25) is 0 Å². The Bertz CT molecular complexity index is 598. The maximum absolute atomic E-state index is 2.47. The number of rotatable bonds is 13. The molecule has 0 saturated heterocycles. The molecular weight excluding hydrogens is 423 g/mol. The van der Waals surface area contributed by atoms with E-state index in [4.69, 9.17) is 0 Å². The van der Waals surface area contributed by atoms with Crippen LogP contribution in [0.15, 0.2) is 49.1 Å². The zero-order valence-corrected chi connectivity index (χ0v) is 20.1. The van der Waals surface area contributed by atoms with E-state index in [2.05, 4.69) is 79.1 Å². The number of aromatic nitrogens is 2. The Hall–Kier alpha value is -0.771. The average Bonchev–Trinajstić information content (AvgIpc) is 3.09. The number of nitrogens with zero attached hydrogens (tertiary/aromatic N) is 2. The molecule has 0 spiro atoms. The van der Waals surface area contributed by atoms with E-state index in [9.17, 15) is 0 Å². The Morgan fingerprint density at radius 2 is 1.50 bits per heavy atom. The van der Waals surface area contributed by atoms with Crippen molar-refractivity contribution in [3.8, 4) is 0 Å². The molecule has 1 aromatic heterocycles. The minimum atomic E-state index is -2.24. The average molecular weight is 462 g/mol. The van der Waals surface area contributed by atoms with Gasteiger partial charge in [0.15, 0.2) is 0 Å². The predicted octanol–water partition coefficient (Wildman–Crippen LogP) is 5.44. The molecule has 26 heavy (non-hydrogen) atoms. The monoisotopic (exact) mass is 463 g/mol. The van der Waals surface area contributed by atoms with E-state index in [1.165, 1.54) is 51.5 Å². The zero-order chi connectivity index (χ0) is 18.7. The number of aryl methyl sites for hydroxylation is 2. The third kappa shape index (κ3) is 6.75. The van der Waals surface area contributed by atoms with Crippen LogP contribution in [-0.2, 0) is 13.6 Å². The van der Waals surface area contributed by atoms with Gasteiger partial charge < -0.3 is 0 Å². The van der Waals surface area contributed by atoms with E-state index in [-0.39, 0.29) is 0 Å². The maximum atomic E-state index is 2.47. The molecule has 2 rings (SSSR count). The number of unbranched alkanes of at least 4 members (excludes halogenated alkanes) is 4. The Morgan fingerprint density at radius 3 is 2.08 bits per heavy atom. The summed E-state index contributed by atoms with van der Waals surface area (Å²) in [6.07, 6.45) is 16.2. The van der Waals surface area contributed by atoms with Crippen LogP contribution in [0.1, 0.15) is 58.8 Å². The van der Waals surface area contributed by atoms with Crippen molar-refractivity contribution < 1.29 is 4.57 Å². The van der Waals surface area contributed by atoms with Gasteiger partial charge in [-0.1, -0.05) is 0 Å². The van der Waals surface area contributed by atoms with Gasteiger partial charge in [0, 0.05) is 0 Å². The fourth-order valence-electron chi connectivity index (χ4n) is 4.20. The van der Waals surface area contributed by atoms with E-state index in [0.29, 0.717) is 0 Å². The van der Waals surface area contributed by atoms with E-state index < -0.39 is 18.4 Å². The molecule has 0 radical (unpaired) electrons. The first-order valence-electron chi connectivity index (χ1n) is 10.8. The predicted molar refractivity (Wildman–Crippen MR) is 116 cm³/mol. The molecule has 0 bridgehead atoms. The van der Waals surface area contributed by atoms with Gasteiger partial charge >= 0.3 is 166 Å². The Kier molecular flexibility index (Phi) is 9.80. The van der Waals surface area contributed by atoms with Crippen LogP contribution in [0, 0.1) is 0 Å². The Balaban J connectivity index is 1.95. The van der Waals surface area contributed by atoms with Crippen molar-refractivity contribution in [3.05, 3.63) is 49.1 Å². The van der Waals surface area contributed by atoms with Crippen molar-refractivity contribution in [2.24, 2.45) is 7.05 Å². The summed E-state index contributed by atoms with van der Waals surface area (Å²) in [5, 5.41) is 0. The van der Waals surface area contributed by atoms with Crippen LogP contribution in [0.25, 0.3) is 0 Å². The Labute approximate surface area is 165 Å². The van der Waals surface area contributed by atoms with Crippen molar-refractivity contribution in [3.63, 3.8) is 0 Å². The van der Waals surface area contributed by atoms with Gasteiger partial charge in [-0.2, -0.15) is 0 Å². The third-order valence-electron chi connectivity index (χ3n) is 5.80.